The number of hydrogen-bond acceptors (Lipinski definition) is 5. The first kappa shape index (κ1) is 18.3. The number of fused-ring (bicyclic) bond motifs is 2. The van der Waals surface area contributed by atoms with Crippen molar-refractivity contribution in [3.05, 3.63) is 47.5 Å². The quantitative estimate of drug-likeness (QED) is 0.545. The van der Waals surface area contributed by atoms with Crippen LogP contribution in [0.5, 0.6) is 0 Å². The fourth-order valence-corrected chi connectivity index (χ4v) is 4.15. The molecule has 148 valence electrons. The van der Waals surface area contributed by atoms with Crippen LogP contribution in [0.25, 0.3) is 33.2 Å². The first-order valence-corrected chi connectivity index (χ1v) is 9.93. The van der Waals surface area contributed by atoms with E-state index in [1.54, 1.807) is 24.0 Å². The van der Waals surface area contributed by atoms with Gasteiger partial charge in [0.05, 0.1) is 22.6 Å². The lowest BCUT2D eigenvalue weighted by atomic mass is 10.1. The normalized spacial score (nSPS) is 17.4. The van der Waals surface area contributed by atoms with Crippen LogP contribution in [0.4, 0.5) is 10.1 Å². The number of anilines is 1. The number of aromatic nitrogens is 4. The van der Waals surface area contributed by atoms with E-state index in [1.807, 2.05) is 18.3 Å². The van der Waals surface area contributed by atoms with Crippen LogP contribution in [0.15, 0.2) is 36.7 Å². The lowest BCUT2D eigenvalue weighted by molar-refractivity contribution is 0.484. The zero-order chi connectivity index (χ0) is 20.1. The highest BCUT2D eigenvalue weighted by Gasteiger charge is 2.18. The SMILES string of the molecule is CC1CN(c2cnc3nc(-c4cc(F)c5nn(C)cc5c4)cc(Cl)c3c2)CCN1. The maximum absolute atomic E-state index is 14.5. The second-order valence-corrected chi connectivity index (χ2v) is 7.96. The molecule has 4 aromatic rings. The third-order valence-corrected chi connectivity index (χ3v) is 5.62. The van der Waals surface area contributed by atoms with Crippen LogP contribution in [0.2, 0.25) is 5.02 Å². The van der Waals surface area contributed by atoms with E-state index in [1.165, 1.54) is 6.07 Å². The molecule has 0 aliphatic carbocycles. The molecule has 1 unspecified atom stereocenters. The van der Waals surface area contributed by atoms with E-state index in [0.29, 0.717) is 33.5 Å². The van der Waals surface area contributed by atoms with Crippen molar-refractivity contribution < 1.29 is 4.39 Å². The van der Waals surface area contributed by atoms with E-state index >= 15 is 0 Å². The maximum Gasteiger partial charge on any atom is 0.161 e. The molecule has 1 saturated heterocycles. The molecule has 3 aromatic heterocycles. The second kappa shape index (κ2) is 6.93. The van der Waals surface area contributed by atoms with E-state index < -0.39 is 0 Å². The predicted molar refractivity (Wildman–Crippen MR) is 114 cm³/mol. The Morgan fingerprint density at radius 3 is 2.93 bits per heavy atom. The van der Waals surface area contributed by atoms with Gasteiger partial charge >= 0.3 is 0 Å². The van der Waals surface area contributed by atoms with Crippen molar-refractivity contribution >= 4 is 39.2 Å². The Bertz CT molecular complexity index is 1240. The van der Waals surface area contributed by atoms with Gasteiger partial charge in [0, 0.05) is 55.3 Å². The molecule has 4 heterocycles. The molecular weight excluding hydrogens is 391 g/mol. The van der Waals surface area contributed by atoms with Crippen molar-refractivity contribution in [1.82, 2.24) is 25.1 Å². The monoisotopic (exact) mass is 410 g/mol. The highest BCUT2D eigenvalue weighted by atomic mass is 35.5. The van der Waals surface area contributed by atoms with Gasteiger partial charge in [-0.3, -0.25) is 4.68 Å². The van der Waals surface area contributed by atoms with Crippen molar-refractivity contribution in [3.63, 3.8) is 0 Å². The van der Waals surface area contributed by atoms with E-state index in [4.69, 9.17) is 11.6 Å². The molecule has 29 heavy (non-hydrogen) atoms. The largest absolute Gasteiger partial charge is 0.367 e. The summed E-state index contributed by atoms with van der Waals surface area (Å²) >= 11 is 6.59. The molecule has 1 aliphatic rings. The molecule has 1 atom stereocenters. The van der Waals surface area contributed by atoms with Crippen LogP contribution in [0.3, 0.4) is 0 Å². The highest BCUT2D eigenvalue weighted by molar-refractivity contribution is 6.35. The number of nitrogens with zero attached hydrogens (tertiary/aromatic N) is 5. The summed E-state index contributed by atoms with van der Waals surface area (Å²) in [5.74, 6) is -0.382. The van der Waals surface area contributed by atoms with Gasteiger partial charge in [0.15, 0.2) is 11.5 Å². The van der Waals surface area contributed by atoms with Crippen molar-refractivity contribution in [2.45, 2.75) is 13.0 Å². The Kier molecular flexibility index (Phi) is 4.37. The zero-order valence-electron chi connectivity index (χ0n) is 16.2. The van der Waals surface area contributed by atoms with Crippen LogP contribution < -0.4 is 10.2 Å². The first-order valence-electron chi connectivity index (χ1n) is 9.56. The molecule has 1 N–H and O–H groups in total. The Morgan fingerprint density at radius 2 is 2.10 bits per heavy atom. The third kappa shape index (κ3) is 3.30. The van der Waals surface area contributed by atoms with Crippen molar-refractivity contribution in [1.29, 1.82) is 0 Å². The standard InChI is InChI=1S/C21H20ClFN6/c1-12-10-29(4-3-24-12)15-7-16-17(22)8-19(26-21(16)25-9-15)13-5-14-11-28(2)27-20(14)18(23)6-13/h5-9,11-12,24H,3-4,10H2,1-2H3. The van der Waals surface area contributed by atoms with E-state index in [0.717, 1.165) is 36.1 Å². The number of nitrogens with one attached hydrogen (secondary N) is 1. The zero-order valence-corrected chi connectivity index (χ0v) is 16.9. The summed E-state index contributed by atoms with van der Waals surface area (Å²) in [6.45, 7) is 4.94. The fraction of sp³-hybridized carbons (Fsp3) is 0.286. The summed E-state index contributed by atoms with van der Waals surface area (Å²) in [6, 6.07) is 7.53. The average Bonchev–Trinajstić information content (AvgIpc) is 3.08. The van der Waals surface area contributed by atoms with Gasteiger partial charge < -0.3 is 10.2 Å². The van der Waals surface area contributed by atoms with Crippen LogP contribution in [0, 0.1) is 5.82 Å². The van der Waals surface area contributed by atoms with E-state index in [9.17, 15) is 4.39 Å². The number of benzene rings is 1. The van der Waals surface area contributed by atoms with Gasteiger partial charge in [-0.25, -0.2) is 14.4 Å². The summed E-state index contributed by atoms with van der Waals surface area (Å²) < 4.78 is 16.1. The van der Waals surface area contributed by atoms with Crippen LogP contribution in [-0.2, 0) is 7.05 Å². The van der Waals surface area contributed by atoms with Gasteiger partial charge in [-0.2, -0.15) is 5.10 Å². The van der Waals surface area contributed by atoms with Crippen molar-refractivity contribution in [3.8, 4) is 11.3 Å². The summed E-state index contributed by atoms with van der Waals surface area (Å²) in [5.41, 5.74) is 3.16. The van der Waals surface area contributed by atoms with Crippen LogP contribution >= 0.6 is 11.6 Å². The summed E-state index contributed by atoms with van der Waals surface area (Å²) in [6.07, 6.45) is 3.61. The average molecular weight is 411 g/mol. The van der Waals surface area contributed by atoms with Crippen molar-refractivity contribution in [2.24, 2.45) is 7.05 Å². The van der Waals surface area contributed by atoms with E-state index in [2.05, 4.69) is 32.2 Å². The maximum atomic E-state index is 14.5. The van der Waals surface area contributed by atoms with Gasteiger partial charge in [-0.15, -0.1) is 0 Å². The number of halogens is 2. The lowest BCUT2D eigenvalue weighted by Gasteiger charge is -2.33. The Hall–Kier alpha value is -2.77. The van der Waals surface area contributed by atoms with Gasteiger partial charge in [0.1, 0.15) is 5.52 Å². The molecule has 1 fully saturated rings. The van der Waals surface area contributed by atoms with Crippen LogP contribution in [-0.4, -0.2) is 45.4 Å². The Balaban J connectivity index is 1.57. The lowest BCUT2D eigenvalue weighted by Crippen LogP contribution is -2.49. The molecule has 1 aliphatic heterocycles. The van der Waals surface area contributed by atoms with Crippen molar-refractivity contribution in [2.75, 3.05) is 24.5 Å². The van der Waals surface area contributed by atoms with E-state index in [-0.39, 0.29) is 5.82 Å². The number of pyridine rings is 2. The molecule has 6 nitrogen and oxygen atoms in total. The number of piperazine rings is 1. The Morgan fingerprint density at radius 1 is 1.24 bits per heavy atom. The molecule has 0 amide bonds. The van der Waals surface area contributed by atoms with Gasteiger partial charge in [0.2, 0.25) is 0 Å². The molecule has 0 bridgehead atoms. The summed E-state index contributed by atoms with van der Waals surface area (Å²) in [5, 5.41) is 9.65. The first-order chi connectivity index (χ1) is 14.0. The smallest absolute Gasteiger partial charge is 0.161 e. The topological polar surface area (TPSA) is 58.9 Å². The number of rotatable bonds is 2. The highest BCUT2D eigenvalue weighted by Crippen LogP contribution is 2.32. The fourth-order valence-electron chi connectivity index (χ4n) is 3.90. The third-order valence-electron chi connectivity index (χ3n) is 5.31. The molecule has 0 radical (unpaired) electrons. The molecule has 0 saturated carbocycles. The molecular formula is C21H20ClFN6. The molecule has 8 heteroatoms. The second-order valence-electron chi connectivity index (χ2n) is 7.55. The summed E-state index contributed by atoms with van der Waals surface area (Å²) in [7, 11) is 1.77. The molecule has 0 spiro atoms. The predicted octanol–water partition coefficient (Wildman–Crippen LogP) is 3.77. The summed E-state index contributed by atoms with van der Waals surface area (Å²) in [4.78, 5) is 11.5. The molecule has 1 aromatic carbocycles. The minimum atomic E-state index is -0.382. The minimum Gasteiger partial charge on any atom is -0.367 e. The van der Waals surface area contributed by atoms with Gasteiger partial charge in [0.25, 0.3) is 0 Å². The Labute approximate surface area is 172 Å². The minimum absolute atomic E-state index is 0.344. The van der Waals surface area contributed by atoms with Gasteiger partial charge in [-0.05, 0) is 31.2 Å². The molecule has 5 rings (SSSR count). The van der Waals surface area contributed by atoms with Crippen LogP contribution in [0.1, 0.15) is 6.92 Å². The number of hydrogen-bond donors (Lipinski definition) is 1. The number of aryl methyl sites for hydroxylation is 1. The van der Waals surface area contributed by atoms with Gasteiger partial charge in [-0.1, -0.05) is 11.6 Å².